The van der Waals surface area contributed by atoms with E-state index in [0.717, 1.165) is 39.1 Å². The Morgan fingerprint density at radius 2 is 2.09 bits per heavy atom. The molecule has 2 aliphatic heterocycles. The van der Waals surface area contributed by atoms with E-state index in [1.807, 2.05) is 29.1 Å². The van der Waals surface area contributed by atoms with Gasteiger partial charge in [-0.15, -0.1) is 0 Å². The molecule has 176 valence electrons. The number of carboxylic acids is 1. The van der Waals surface area contributed by atoms with Crippen LogP contribution in [0.4, 0.5) is 13.2 Å². The smallest absolute Gasteiger partial charge is 0.475 e. The minimum Gasteiger partial charge on any atom is -0.475 e. The number of halogens is 3. The van der Waals surface area contributed by atoms with E-state index in [0.29, 0.717) is 11.9 Å². The zero-order valence-electron chi connectivity index (χ0n) is 18.0. The molecule has 32 heavy (non-hydrogen) atoms. The number of rotatable bonds is 5. The largest absolute Gasteiger partial charge is 0.490 e. The Morgan fingerprint density at radius 3 is 2.66 bits per heavy atom. The summed E-state index contributed by atoms with van der Waals surface area (Å²) in [6, 6.07) is 6.19. The molecule has 2 aromatic heterocycles. The summed E-state index contributed by atoms with van der Waals surface area (Å²) in [4.78, 5) is 15.6. The topological polar surface area (TPSA) is 89.7 Å². The van der Waals surface area contributed by atoms with Gasteiger partial charge in [-0.3, -0.25) is 9.58 Å². The van der Waals surface area contributed by atoms with E-state index in [9.17, 15) is 13.2 Å². The van der Waals surface area contributed by atoms with Crippen molar-refractivity contribution >= 4 is 5.97 Å². The Labute approximate surface area is 183 Å². The lowest BCUT2D eigenvalue weighted by atomic mass is 9.84. The van der Waals surface area contributed by atoms with Crippen LogP contribution in [0.2, 0.25) is 0 Å². The summed E-state index contributed by atoms with van der Waals surface area (Å²) in [7, 11) is 0. The van der Waals surface area contributed by atoms with E-state index in [2.05, 4.69) is 35.0 Å². The Morgan fingerprint density at radius 1 is 1.38 bits per heavy atom. The van der Waals surface area contributed by atoms with Crippen molar-refractivity contribution in [1.82, 2.24) is 19.7 Å². The van der Waals surface area contributed by atoms with Crippen LogP contribution in [0.15, 0.2) is 36.8 Å². The van der Waals surface area contributed by atoms with Crippen LogP contribution in [0, 0.1) is 0 Å². The lowest BCUT2D eigenvalue weighted by Crippen LogP contribution is -2.65. The molecule has 0 saturated carbocycles. The van der Waals surface area contributed by atoms with Gasteiger partial charge in [0.1, 0.15) is 6.10 Å². The van der Waals surface area contributed by atoms with Crippen molar-refractivity contribution in [2.24, 2.45) is 0 Å². The first-order valence-corrected chi connectivity index (χ1v) is 10.3. The number of ether oxygens (including phenoxy) is 2. The lowest BCUT2D eigenvalue weighted by Gasteiger charge is -2.53. The molecule has 2 saturated heterocycles. The standard InChI is InChI=1S/C19H26N4O2.C2HF3O2/c1-15(2)23-12-16(10-21-23)11-22-13-19(14-22)9-17(6-8-24-19)25-18-5-3-4-7-20-18;3-2(4,5)1(6)7/h3-5,7,10,12,15,17H,6,8-9,11,13-14H2,1-2H3;(H,6,7). The first-order valence-electron chi connectivity index (χ1n) is 10.3. The Kier molecular flexibility index (Phi) is 7.40. The summed E-state index contributed by atoms with van der Waals surface area (Å²) in [6.45, 7) is 7.91. The molecule has 8 nitrogen and oxygen atoms in total. The second kappa shape index (κ2) is 9.86. The first-order chi connectivity index (χ1) is 15.1. The molecule has 0 bridgehead atoms. The monoisotopic (exact) mass is 456 g/mol. The molecule has 0 radical (unpaired) electrons. The fourth-order valence-electron chi connectivity index (χ4n) is 3.77. The Balaban J connectivity index is 0.000000360. The number of aromatic nitrogens is 3. The Bertz CT molecular complexity index is 883. The van der Waals surface area contributed by atoms with Gasteiger partial charge in [-0.2, -0.15) is 18.3 Å². The molecule has 0 amide bonds. The molecule has 2 aliphatic rings. The van der Waals surface area contributed by atoms with E-state index < -0.39 is 12.1 Å². The van der Waals surface area contributed by atoms with Crippen molar-refractivity contribution in [3.8, 4) is 5.88 Å². The van der Waals surface area contributed by atoms with E-state index in [1.165, 1.54) is 5.56 Å². The van der Waals surface area contributed by atoms with Crippen LogP contribution in [0.1, 0.15) is 38.3 Å². The van der Waals surface area contributed by atoms with Crippen LogP contribution in [-0.4, -0.2) is 68.3 Å². The zero-order chi connectivity index (χ0) is 23.4. The SMILES string of the molecule is CC(C)n1cc(CN2CC3(CC(Oc4ccccn4)CCO3)C2)cn1.O=C(O)C(F)(F)F. The molecular formula is C21H27F3N4O4. The van der Waals surface area contributed by atoms with Crippen molar-refractivity contribution in [3.63, 3.8) is 0 Å². The minimum atomic E-state index is -5.08. The summed E-state index contributed by atoms with van der Waals surface area (Å²) in [5.41, 5.74) is 1.21. The highest BCUT2D eigenvalue weighted by Crippen LogP contribution is 2.36. The van der Waals surface area contributed by atoms with Crippen LogP contribution in [0.25, 0.3) is 0 Å². The first kappa shape index (κ1) is 24.0. The molecule has 11 heteroatoms. The second-order valence-corrected chi connectivity index (χ2v) is 8.30. The second-order valence-electron chi connectivity index (χ2n) is 8.30. The van der Waals surface area contributed by atoms with Gasteiger partial charge in [0.05, 0.1) is 18.4 Å². The highest BCUT2D eigenvalue weighted by atomic mass is 19.4. The predicted molar refractivity (Wildman–Crippen MR) is 108 cm³/mol. The fraction of sp³-hybridized carbons (Fsp3) is 0.571. The van der Waals surface area contributed by atoms with Gasteiger partial charge in [-0.25, -0.2) is 9.78 Å². The van der Waals surface area contributed by atoms with Crippen molar-refractivity contribution < 1.29 is 32.5 Å². The summed E-state index contributed by atoms with van der Waals surface area (Å²) in [6.07, 6.45) is 2.86. The average molecular weight is 456 g/mol. The van der Waals surface area contributed by atoms with Crippen LogP contribution in [0.5, 0.6) is 5.88 Å². The number of hydrogen-bond acceptors (Lipinski definition) is 6. The molecular weight excluding hydrogens is 429 g/mol. The number of likely N-dealkylation sites (tertiary alicyclic amines) is 1. The molecule has 1 atom stereocenters. The maximum Gasteiger partial charge on any atom is 0.490 e. The average Bonchev–Trinajstić information content (AvgIpc) is 3.17. The van der Waals surface area contributed by atoms with E-state index in [-0.39, 0.29) is 11.7 Å². The minimum absolute atomic E-state index is 0.0499. The number of nitrogens with zero attached hydrogens (tertiary/aromatic N) is 4. The zero-order valence-corrected chi connectivity index (χ0v) is 18.0. The quantitative estimate of drug-likeness (QED) is 0.738. The van der Waals surface area contributed by atoms with Gasteiger partial charge in [0, 0.05) is 62.5 Å². The molecule has 2 fully saturated rings. The van der Waals surface area contributed by atoms with Gasteiger partial charge in [0.15, 0.2) is 0 Å². The molecule has 1 spiro atoms. The lowest BCUT2D eigenvalue weighted by molar-refractivity contribution is -0.192. The van der Waals surface area contributed by atoms with Crippen molar-refractivity contribution in [3.05, 3.63) is 42.4 Å². The van der Waals surface area contributed by atoms with E-state index >= 15 is 0 Å². The van der Waals surface area contributed by atoms with Crippen LogP contribution in [-0.2, 0) is 16.1 Å². The number of hydrogen-bond donors (Lipinski definition) is 1. The van der Waals surface area contributed by atoms with Gasteiger partial charge >= 0.3 is 12.1 Å². The molecule has 2 aromatic rings. The maximum atomic E-state index is 10.6. The van der Waals surface area contributed by atoms with E-state index in [1.54, 1.807) is 6.20 Å². The van der Waals surface area contributed by atoms with Crippen molar-refractivity contribution in [2.75, 3.05) is 19.7 Å². The third-order valence-corrected chi connectivity index (χ3v) is 5.23. The van der Waals surface area contributed by atoms with E-state index in [4.69, 9.17) is 19.4 Å². The number of pyridine rings is 1. The van der Waals surface area contributed by atoms with Crippen molar-refractivity contribution in [2.45, 2.75) is 57.2 Å². The van der Waals surface area contributed by atoms with Crippen molar-refractivity contribution in [1.29, 1.82) is 0 Å². The predicted octanol–water partition coefficient (Wildman–Crippen LogP) is 3.30. The highest BCUT2D eigenvalue weighted by molar-refractivity contribution is 5.73. The summed E-state index contributed by atoms with van der Waals surface area (Å²) in [5.74, 6) is -2.05. The number of alkyl halides is 3. The molecule has 4 rings (SSSR count). The van der Waals surface area contributed by atoms with Crippen LogP contribution < -0.4 is 4.74 Å². The molecule has 0 aromatic carbocycles. The normalized spacial score (nSPS) is 20.4. The fourth-order valence-corrected chi connectivity index (χ4v) is 3.77. The van der Waals surface area contributed by atoms with Crippen LogP contribution >= 0.6 is 0 Å². The van der Waals surface area contributed by atoms with Gasteiger partial charge in [-0.05, 0) is 19.9 Å². The van der Waals surface area contributed by atoms with Gasteiger partial charge in [0.25, 0.3) is 0 Å². The Hall–Kier alpha value is -2.66. The molecule has 1 N–H and O–H groups in total. The van der Waals surface area contributed by atoms with Crippen LogP contribution in [0.3, 0.4) is 0 Å². The maximum absolute atomic E-state index is 10.6. The van der Waals surface area contributed by atoms with Gasteiger partial charge in [-0.1, -0.05) is 6.07 Å². The molecule has 4 heterocycles. The third kappa shape index (κ3) is 6.42. The molecule has 1 unspecified atom stereocenters. The third-order valence-electron chi connectivity index (χ3n) is 5.23. The summed E-state index contributed by atoms with van der Waals surface area (Å²) >= 11 is 0. The highest BCUT2D eigenvalue weighted by Gasteiger charge is 2.48. The summed E-state index contributed by atoms with van der Waals surface area (Å²) < 4.78 is 45.9. The van der Waals surface area contributed by atoms with Gasteiger partial charge in [0.2, 0.25) is 5.88 Å². The van der Waals surface area contributed by atoms with Gasteiger partial charge < -0.3 is 14.6 Å². The molecule has 0 aliphatic carbocycles. The number of aliphatic carboxylic acids is 1. The number of carbonyl (C=O) groups is 1. The summed E-state index contributed by atoms with van der Waals surface area (Å²) in [5, 5.41) is 11.5. The number of carboxylic acid groups (broad SMARTS) is 1.